The highest BCUT2D eigenvalue weighted by atomic mass is 16.3. The molecule has 0 aromatic heterocycles. The first-order chi connectivity index (χ1) is 19.9. The Labute approximate surface area is 256 Å². The van der Waals surface area contributed by atoms with Gasteiger partial charge in [-0.3, -0.25) is 14.4 Å². The van der Waals surface area contributed by atoms with Crippen molar-refractivity contribution in [2.75, 3.05) is 0 Å². The molecular formula is C37H48O6. The van der Waals surface area contributed by atoms with E-state index in [1.54, 1.807) is 0 Å². The van der Waals surface area contributed by atoms with Crippen molar-refractivity contribution in [1.29, 1.82) is 0 Å². The summed E-state index contributed by atoms with van der Waals surface area (Å²) in [6.07, 6.45) is 9.51. The van der Waals surface area contributed by atoms with Gasteiger partial charge in [-0.15, -0.1) is 0 Å². The minimum atomic E-state index is -1.62. The van der Waals surface area contributed by atoms with Crippen molar-refractivity contribution in [3.63, 3.8) is 0 Å². The van der Waals surface area contributed by atoms with Crippen LogP contribution in [0.25, 0.3) is 5.76 Å². The van der Waals surface area contributed by atoms with Gasteiger partial charge in [-0.2, -0.15) is 0 Å². The van der Waals surface area contributed by atoms with E-state index in [1.807, 2.05) is 74.5 Å². The summed E-state index contributed by atoms with van der Waals surface area (Å²) in [6, 6.07) is 3.66. The summed E-state index contributed by atoms with van der Waals surface area (Å²) in [5.41, 5.74) is -0.381. The lowest BCUT2D eigenvalue weighted by molar-refractivity contribution is -0.177. The van der Waals surface area contributed by atoms with Crippen molar-refractivity contribution in [1.82, 2.24) is 0 Å². The number of phenols is 2. The van der Waals surface area contributed by atoms with Crippen molar-refractivity contribution in [3.05, 3.63) is 75.9 Å². The van der Waals surface area contributed by atoms with Crippen LogP contribution < -0.4 is 0 Å². The number of fused-ring (bicyclic) bond motifs is 2. The summed E-state index contributed by atoms with van der Waals surface area (Å²) in [7, 11) is 0. The molecule has 0 saturated heterocycles. The van der Waals surface area contributed by atoms with Gasteiger partial charge in [0.05, 0.1) is 5.41 Å². The fourth-order valence-electron chi connectivity index (χ4n) is 6.80. The lowest BCUT2D eigenvalue weighted by atomic mass is 9.37. The molecule has 1 aromatic carbocycles. The van der Waals surface area contributed by atoms with Gasteiger partial charge < -0.3 is 15.3 Å². The standard InChI is InChI=1S/C37H48O6/c1-22(2)10-12-27-21-36(18-15-24(5)6)32(41)30(31(40)26-11-13-28(38)29(39)20-26)33(42)37(34(36)43,19-16-25(7)8)35(27,9)17-14-23(3)4/h10-11,13-16,20,27,38-40H,12,17-19,21H2,1-9H3. The molecule has 2 saturated carbocycles. The van der Waals surface area contributed by atoms with Crippen molar-refractivity contribution in [2.45, 2.75) is 94.4 Å². The molecule has 1 aromatic rings. The van der Waals surface area contributed by atoms with Gasteiger partial charge in [-0.25, -0.2) is 0 Å². The minimum absolute atomic E-state index is 0.0150. The number of carbonyl (C=O) groups is 3. The van der Waals surface area contributed by atoms with Crippen LogP contribution >= 0.6 is 0 Å². The predicted molar refractivity (Wildman–Crippen MR) is 172 cm³/mol. The highest BCUT2D eigenvalue weighted by Crippen LogP contribution is 2.67. The van der Waals surface area contributed by atoms with Crippen LogP contribution in [0.2, 0.25) is 0 Å². The van der Waals surface area contributed by atoms with Gasteiger partial charge in [0.1, 0.15) is 16.7 Å². The second-order valence-electron chi connectivity index (χ2n) is 13.7. The maximum atomic E-state index is 15.1. The molecule has 0 heterocycles. The molecular weight excluding hydrogens is 540 g/mol. The molecule has 2 bridgehead atoms. The summed E-state index contributed by atoms with van der Waals surface area (Å²) in [5, 5.41) is 31.7. The van der Waals surface area contributed by atoms with Crippen LogP contribution in [-0.4, -0.2) is 32.7 Å². The number of allylic oxidation sites excluding steroid dienone is 9. The minimum Gasteiger partial charge on any atom is -0.506 e. The molecule has 3 N–H and O–H groups in total. The third-order valence-electron chi connectivity index (χ3n) is 9.48. The quantitative estimate of drug-likeness (QED) is 0.0666. The maximum absolute atomic E-state index is 15.1. The number of phenolic OH excluding ortho intramolecular Hbond substituents is 2. The fraction of sp³-hybridized carbons (Fsp3) is 0.486. The first-order valence-electron chi connectivity index (χ1n) is 15.1. The van der Waals surface area contributed by atoms with E-state index in [9.17, 15) is 20.1 Å². The Morgan fingerprint density at radius 3 is 1.84 bits per heavy atom. The Morgan fingerprint density at radius 1 is 0.767 bits per heavy atom. The summed E-state index contributed by atoms with van der Waals surface area (Å²) < 4.78 is 0. The highest BCUT2D eigenvalue weighted by Gasteiger charge is 2.74. The Morgan fingerprint density at radius 2 is 1.30 bits per heavy atom. The molecule has 4 unspecified atom stereocenters. The summed E-state index contributed by atoms with van der Waals surface area (Å²) in [4.78, 5) is 44.8. The molecule has 3 rings (SSSR count). The van der Waals surface area contributed by atoms with Gasteiger partial charge >= 0.3 is 0 Å². The van der Waals surface area contributed by atoms with E-state index >= 15 is 9.59 Å². The van der Waals surface area contributed by atoms with E-state index < -0.39 is 50.6 Å². The van der Waals surface area contributed by atoms with E-state index in [0.29, 0.717) is 12.8 Å². The number of hydrogen-bond donors (Lipinski definition) is 3. The number of carbonyl (C=O) groups excluding carboxylic acids is 3. The number of hydrogen-bond acceptors (Lipinski definition) is 6. The fourth-order valence-corrected chi connectivity index (χ4v) is 6.80. The molecule has 232 valence electrons. The molecule has 43 heavy (non-hydrogen) atoms. The number of benzene rings is 1. The molecule has 2 fully saturated rings. The molecule has 0 amide bonds. The summed E-state index contributed by atoms with van der Waals surface area (Å²) >= 11 is 0. The second-order valence-corrected chi connectivity index (χ2v) is 13.7. The van der Waals surface area contributed by atoms with Crippen LogP contribution in [0.3, 0.4) is 0 Å². The van der Waals surface area contributed by atoms with E-state index in [1.165, 1.54) is 12.1 Å². The smallest absolute Gasteiger partial charge is 0.184 e. The average Bonchev–Trinajstić information content (AvgIpc) is 2.91. The Balaban J connectivity index is 2.54. The van der Waals surface area contributed by atoms with Gasteiger partial charge in [0, 0.05) is 5.56 Å². The largest absolute Gasteiger partial charge is 0.506 e. The van der Waals surface area contributed by atoms with Gasteiger partial charge in [0.25, 0.3) is 0 Å². The van der Waals surface area contributed by atoms with Crippen LogP contribution in [0.4, 0.5) is 0 Å². The summed E-state index contributed by atoms with van der Waals surface area (Å²) in [5.74, 6) is -3.38. The van der Waals surface area contributed by atoms with E-state index in [0.717, 1.165) is 28.4 Å². The Bertz CT molecular complexity index is 1470. The summed E-state index contributed by atoms with van der Waals surface area (Å²) in [6.45, 7) is 17.7. The van der Waals surface area contributed by atoms with Crippen LogP contribution in [0.15, 0.2) is 70.4 Å². The van der Waals surface area contributed by atoms with Crippen molar-refractivity contribution in [3.8, 4) is 11.5 Å². The van der Waals surface area contributed by atoms with E-state index in [-0.39, 0.29) is 36.5 Å². The Hall–Kier alpha value is -3.67. The lowest BCUT2D eigenvalue weighted by Crippen LogP contribution is -2.70. The average molecular weight is 589 g/mol. The van der Waals surface area contributed by atoms with Crippen molar-refractivity contribution < 1.29 is 29.7 Å². The van der Waals surface area contributed by atoms with Crippen molar-refractivity contribution in [2.24, 2.45) is 22.2 Å². The zero-order chi connectivity index (χ0) is 32.5. The monoisotopic (exact) mass is 588 g/mol. The van der Waals surface area contributed by atoms with Gasteiger partial charge in [0.2, 0.25) is 0 Å². The number of Topliss-reactive ketones (excluding diaryl/α,β-unsaturated/α-hetero) is 3. The zero-order valence-corrected chi connectivity index (χ0v) is 27.2. The molecule has 6 nitrogen and oxygen atoms in total. The molecule has 2 aliphatic rings. The second kappa shape index (κ2) is 12.5. The van der Waals surface area contributed by atoms with Crippen LogP contribution in [0.1, 0.15) is 100.0 Å². The van der Waals surface area contributed by atoms with Crippen LogP contribution in [0, 0.1) is 22.2 Å². The molecule has 4 atom stereocenters. The van der Waals surface area contributed by atoms with Gasteiger partial charge in [-0.1, -0.05) is 53.5 Å². The van der Waals surface area contributed by atoms with Gasteiger partial charge in [0.15, 0.2) is 28.8 Å². The molecule has 0 spiro atoms. The topological polar surface area (TPSA) is 112 Å². The predicted octanol–water partition coefficient (Wildman–Crippen LogP) is 8.51. The number of aromatic hydroxyl groups is 2. The third-order valence-corrected chi connectivity index (χ3v) is 9.48. The zero-order valence-electron chi connectivity index (χ0n) is 27.2. The molecule has 2 aliphatic carbocycles. The van der Waals surface area contributed by atoms with E-state index in [4.69, 9.17) is 0 Å². The third kappa shape index (κ3) is 5.93. The van der Waals surface area contributed by atoms with Crippen molar-refractivity contribution >= 4 is 23.1 Å². The van der Waals surface area contributed by atoms with E-state index in [2.05, 4.69) is 12.2 Å². The first-order valence-corrected chi connectivity index (χ1v) is 15.1. The maximum Gasteiger partial charge on any atom is 0.184 e. The number of rotatable bonds is 9. The van der Waals surface area contributed by atoms with Crippen LogP contribution in [0.5, 0.6) is 11.5 Å². The molecule has 0 radical (unpaired) electrons. The number of aliphatic hydroxyl groups is 1. The Kier molecular flexibility index (Phi) is 9.85. The number of aliphatic hydroxyl groups excluding tert-OH is 1. The molecule has 6 heteroatoms. The van der Waals surface area contributed by atoms with Gasteiger partial charge in [-0.05, 0) is 117 Å². The van der Waals surface area contributed by atoms with Crippen LogP contribution in [-0.2, 0) is 14.4 Å². The first kappa shape index (κ1) is 33.8. The SMILES string of the molecule is CC(C)=CCC1CC2(CC=C(C)C)C(=O)C(=C(O)c3ccc(O)c(O)c3)C(=O)C(CC=C(C)C)(C2=O)C1(C)CC=C(C)C. The number of ketones is 3. The lowest BCUT2D eigenvalue weighted by Gasteiger charge is -2.61. The molecule has 0 aliphatic heterocycles. The normalized spacial score (nSPS) is 27.7. The highest BCUT2D eigenvalue weighted by molar-refractivity contribution is 6.41.